The van der Waals surface area contributed by atoms with Crippen LogP contribution in [-0.4, -0.2) is 28.0 Å². The minimum absolute atomic E-state index is 0.141. The Balaban J connectivity index is 1.46. The van der Waals surface area contributed by atoms with Crippen LogP contribution < -0.4 is 10.1 Å². The molecule has 0 spiro atoms. The van der Waals surface area contributed by atoms with Crippen molar-refractivity contribution in [1.82, 2.24) is 15.0 Å². The van der Waals surface area contributed by atoms with E-state index in [0.29, 0.717) is 11.4 Å². The molecule has 6 nitrogen and oxygen atoms in total. The van der Waals surface area contributed by atoms with Gasteiger partial charge in [-0.25, -0.2) is 9.97 Å². The molecule has 1 N–H and O–H groups in total. The van der Waals surface area contributed by atoms with Crippen molar-refractivity contribution in [2.45, 2.75) is 6.18 Å². The molecule has 5 aromatic rings. The maximum atomic E-state index is 13.4. The summed E-state index contributed by atoms with van der Waals surface area (Å²) in [5.41, 5.74) is 1.67. The SMILES string of the molecule is COc1ccc(C(=O)Nc2cccc(-c3ncnc4sc(-c5ccncc5)cc34)c2)cc1C(F)(F)F. The lowest BCUT2D eigenvalue weighted by molar-refractivity contribution is -0.138. The molecular formula is C26H17F3N4O2S. The van der Waals surface area contributed by atoms with Gasteiger partial charge in [0.25, 0.3) is 5.91 Å². The van der Waals surface area contributed by atoms with Crippen LogP contribution in [0.3, 0.4) is 0 Å². The van der Waals surface area contributed by atoms with Gasteiger partial charge in [-0.3, -0.25) is 9.78 Å². The molecule has 0 fully saturated rings. The number of rotatable bonds is 5. The van der Waals surface area contributed by atoms with E-state index in [4.69, 9.17) is 4.74 Å². The smallest absolute Gasteiger partial charge is 0.419 e. The summed E-state index contributed by atoms with van der Waals surface area (Å²) >= 11 is 1.53. The van der Waals surface area contributed by atoms with Crippen molar-refractivity contribution in [1.29, 1.82) is 0 Å². The highest BCUT2D eigenvalue weighted by atomic mass is 32.1. The number of methoxy groups -OCH3 is 1. The number of pyridine rings is 1. The van der Waals surface area contributed by atoms with Crippen LogP contribution in [0.15, 0.2) is 79.4 Å². The van der Waals surface area contributed by atoms with Crippen LogP contribution in [0.1, 0.15) is 15.9 Å². The summed E-state index contributed by atoms with van der Waals surface area (Å²) in [4.78, 5) is 27.5. The van der Waals surface area contributed by atoms with Crippen LogP contribution in [0.4, 0.5) is 18.9 Å². The monoisotopic (exact) mass is 506 g/mol. The Morgan fingerprint density at radius 2 is 1.78 bits per heavy atom. The standard InChI is InChI=1S/C26H17F3N4O2S/c1-35-21-6-5-17(12-20(21)26(27,28)29)24(34)33-18-4-2-3-16(11-18)23-19-13-22(15-7-9-30-10-8-15)36-25(19)32-14-31-23/h2-14H,1H3,(H,33,34). The van der Waals surface area contributed by atoms with Gasteiger partial charge in [0.05, 0.1) is 18.4 Å². The van der Waals surface area contributed by atoms with Crippen LogP contribution in [0, 0.1) is 0 Å². The van der Waals surface area contributed by atoms with Crippen LogP contribution in [0.2, 0.25) is 0 Å². The first-order valence-corrected chi connectivity index (χ1v) is 11.5. The normalized spacial score (nSPS) is 11.4. The molecule has 0 saturated carbocycles. The van der Waals surface area contributed by atoms with Gasteiger partial charge in [0, 0.05) is 39.5 Å². The Morgan fingerprint density at radius 1 is 0.972 bits per heavy atom. The number of halogens is 3. The van der Waals surface area contributed by atoms with Gasteiger partial charge in [-0.05, 0) is 54.1 Å². The average molecular weight is 507 g/mol. The molecule has 2 aromatic carbocycles. The highest BCUT2D eigenvalue weighted by Gasteiger charge is 2.35. The van der Waals surface area contributed by atoms with E-state index < -0.39 is 17.6 Å². The first kappa shape index (κ1) is 23.4. The van der Waals surface area contributed by atoms with Crippen LogP contribution in [0.5, 0.6) is 5.75 Å². The number of carbonyl (C=O) groups is 1. The summed E-state index contributed by atoms with van der Waals surface area (Å²) in [6.45, 7) is 0. The summed E-state index contributed by atoms with van der Waals surface area (Å²) in [6, 6.07) is 16.0. The van der Waals surface area contributed by atoms with Gasteiger partial charge in [0.15, 0.2) is 0 Å². The van der Waals surface area contributed by atoms with Crippen molar-refractivity contribution >= 4 is 33.1 Å². The van der Waals surface area contributed by atoms with E-state index in [1.807, 2.05) is 24.3 Å². The molecule has 10 heteroatoms. The number of anilines is 1. The largest absolute Gasteiger partial charge is 0.496 e. The third-order valence-corrected chi connectivity index (χ3v) is 6.55. The maximum Gasteiger partial charge on any atom is 0.419 e. The number of aromatic nitrogens is 3. The van der Waals surface area contributed by atoms with Crippen LogP contribution >= 0.6 is 11.3 Å². The number of thiophene rings is 1. The lowest BCUT2D eigenvalue weighted by atomic mass is 10.1. The molecule has 0 unspecified atom stereocenters. The number of carbonyl (C=O) groups excluding carboxylic acids is 1. The molecule has 1 amide bonds. The highest BCUT2D eigenvalue weighted by molar-refractivity contribution is 7.21. The fraction of sp³-hybridized carbons (Fsp3) is 0.0769. The van der Waals surface area contributed by atoms with E-state index in [-0.39, 0.29) is 11.3 Å². The first-order valence-electron chi connectivity index (χ1n) is 10.7. The lowest BCUT2D eigenvalue weighted by Gasteiger charge is -2.13. The number of hydrogen-bond donors (Lipinski definition) is 1. The average Bonchev–Trinajstić information content (AvgIpc) is 3.33. The zero-order valence-electron chi connectivity index (χ0n) is 18.7. The maximum absolute atomic E-state index is 13.4. The van der Waals surface area contributed by atoms with Crippen molar-refractivity contribution < 1.29 is 22.7 Å². The summed E-state index contributed by atoms with van der Waals surface area (Å²) in [5.74, 6) is -1.03. The van der Waals surface area contributed by atoms with Crippen molar-refractivity contribution in [3.05, 3.63) is 90.5 Å². The number of hydrogen-bond acceptors (Lipinski definition) is 6. The van der Waals surface area contributed by atoms with Crippen molar-refractivity contribution in [2.75, 3.05) is 12.4 Å². The molecule has 0 atom stereocenters. The molecule has 0 aliphatic carbocycles. The minimum atomic E-state index is -4.66. The predicted octanol–water partition coefficient (Wildman–Crippen LogP) is 6.70. The molecule has 36 heavy (non-hydrogen) atoms. The van der Waals surface area contributed by atoms with E-state index >= 15 is 0 Å². The summed E-state index contributed by atoms with van der Waals surface area (Å²) in [6.07, 6.45) is 0.263. The Hall–Kier alpha value is -4.31. The number of amides is 1. The second-order valence-corrected chi connectivity index (χ2v) is 8.77. The fourth-order valence-electron chi connectivity index (χ4n) is 3.76. The second-order valence-electron chi connectivity index (χ2n) is 7.74. The summed E-state index contributed by atoms with van der Waals surface area (Å²) in [7, 11) is 1.15. The zero-order chi connectivity index (χ0) is 25.3. The molecule has 0 bridgehead atoms. The van der Waals surface area contributed by atoms with Gasteiger partial charge in [-0.15, -0.1) is 11.3 Å². The first-order chi connectivity index (χ1) is 17.3. The van der Waals surface area contributed by atoms with E-state index in [9.17, 15) is 18.0 Å². The summed E-state index contributed by atoms with van der Waals surface area (Å²) in [5, 5.41) is 3.52. The van der Waals surface area contributed by atoms with E-state index in [2.05, 4.69) is 20.3 Å². The molecular weight excluding hydrogens is 489 g/mol. The number of nitrogens with one attached hydrogen (secondary N) is 1. The third-order valence-electron chi connectivity index (χ3n) is 5.46. The van der Waals surface area contributed by atoms with Crippen LogP contribution in [-0.2, 0) is 6.18 Å². The third kappa shape index (κ3) is 4.63. The van der Waals surface area contributed by atoms with Gasteiger partial charge in [-0.2, -0.15) is 13.2 Å². The van der Waals surface area contributed by atoms with Crippen LogP contribution in [0.25, 0.3) is 31.9 Å². The van der Waals surface area contributed by atoms with E-state index in [1.54, 1.807) is 30.6 Å². The van der Waals surface area contributed by atoms with Gasteiger partial charge >= 0.3 is 6.18 Å². The fourth-order valence-corrected chi connectivity index (χ4v) is 4.77. The Labute approximate surface area is 207 Å². The van der Waals surface area contributed by atoms with Crippen molar-refractivity contribution in [3.63, 3.8) is 0 Å². The predicted molar refractivity (Wildman–Crippen MR) is 132 cm³/mol. The van der Waals surface area contributed by atoms with Gasteiger partial charge in [0.2, 0.25) is 0 Å². The molecule has 0 saturated heterocycles. The molecule has 0 aliphatic heterocycles. The number of alkyl halides is 3. The van der Waals surface area contributed by atoms with Crippen molar-refractivity contribution in [3.8, 4) is 27.4 Å². The van der Waals surface area contributed by atoms with Crippen molar-refractivity contribution in [2.24, 2.45) is 0 Å². The minimum Gasteiger partial charge on any atom is -0.496 e. The number of benzene rings is 2. The zero-order valence-corrected chi connectivity index (χ0v) is 19.5. The quantitative estimate of drug-likeness (QED) is 0.287. The summed E-state index contributed by atoms with van der Waals surface area (Å²) < 4.78 is 44.9. The molecule has 180 valence electrons. The lowest BCUT2D eigenvalue weighted by Crippen LogP contribution is -2.15. The second kappa shape index (κ2) is 9.38. The van der Waals surface area contributed by atoms with E-state index in [0.717, 1.165) is 45.5 Å². The number of nitrogens with zero attached hydrogens (tertiary/aromatic N) is 3. The van der Waals surface area contributed by atoms with Gasteiger partial charge in [-0.1, -0.05) is 12.1 Å². The Morgan fingerprint density at radius 3 is 2.53 bits per heavy atom. The Kier molecular flexibility index (Phi) is 6.11. The molecule has 0 aliphatic rings. The van der Waals surface area contributed by atoms with E-state index in [1.165, 1.54) is 23.7 Å². The molecule has 3 heterocycles. The molecule has 5 rings (SSSR count). The van der Waals surface area contributed by atoms with Gasteiger partial charge < -0.3 is 10.1 Å². The highest BCUT2D eigenvalue weighted by Crippen LogP contribution is 2.38. The Bertz CT molecular complexity index is 1570. The van der Waals surface area contributed by atoms with Gasteiger partial charge in [0.1, 0.15) is 16.9 Å². The number of ether oxygens (including phenoxy) is 1. The topological polar surface area (TPSA) is 77.0 Å². The molecule has 0 radical (unpaired) electrons. The number of fused-ring (bicyclic) bond motifs is 1. The molecule has 3 aromatic heterocycles.